The van der Waals surface area contributed by atoms with Gasteiger partial charge in [-0.05, 0) is 22.9 Å². The van der Waals surface area contributed by atoms with E-state index in [4.69, 9.17) is 9.47 Å². The lowest BCUT2D eigenvalue weighted by molar-refractivity contribution is -0.131. The Morgan fingerprint density at radius 1 is 1.21 bits per heavy atom. The fraction of sp³-hybridized carbons (Fsp3) is 0.125. The highest BCUT2D eigenvalue weighted by molar-refractivity contribution is 8.01. The van der Waals surface area contributed by atoms with E-state index in [1.54, 1.807) is 17.6 Å². The second-order valence-corrected chi connectivity index (χ2v) is 6.71. The molecule has 0 bridgehead atoms. The molecule has 24 heavy (non-hydrogen) atoms. The van der Waals surface area contributed by atoms with Gasteiger partial charge in [-0.2, -0.15) is 0 Å². The molecule has 0 atom stereocenters. The van der Waals surface area contributed by atoms with Gasteiger partial charge < -0.3 is 9.47 Å². The minimum Gasteiger partial charge on any atom is -0.465 e. The van der Waals surface area contributed by atoms with Crippen LogP contribution >= 0.6 is 23.1 Å². The first-order valence-electron chi connectivity index (χ1n) is 6.88. The van der Waals surface area contributed by atoms with Crippen LogP contribution in [-0.4, -0.2) is 35.0 Å². The van der Waals surface area contributed by atoms with Gasteiger partial charge in [-0.15, -0.1) is 10.2 Å². The van der Waals surface area contributed by atoms with Gasteiger partial charge in [-0.3, -0.25) is 4.79 Å². The molecule has 8 heteroatoms. The third-order valence-corrected chi connectivity index (χ3v) is 4.96. The predicted octanol–water partition coefficient (Wildman–Crippen LogP) is 3.18. The molecule has 1 heterocycles. The summed E-state index contributed by atoms with van der Waals surface area (Å²) in [7, 11) is 1.29. The van der Waals surface area contributed by atoms with Gasteiger partial charge in [-0.1, -0.05) is 47.4 Å². The highest BCUT2D eigenvalue weighted by Gasteiger charge is 2.17. The summed E-state index contributed by atoms with van der Waals surface area (Å²) < 4.78 is 10.8. The first kappa shape index (κ1) is 16.4. The topological polar surface area (TPSA) is 78.4 Å². The van der Waals surface area contributed by atoms with E-state index < -0.39 is 11.9 Å². The van der Waals surface area contributed by atoms with Crippen LogP contribution in [0, 0.1) is 0 Å². The average Bonchev–Trinajstić information content (AvgIpc) is 3.12. The maximum absolute atomic E-state index is 12.1. The molecule has 0 fully saturated rings. The quantitative estimate of drug-likeness (QED) is 0.393. The highest BCUT2D eigenvalue weighted by Crippen LogP contribution is 2.28. The summed E-state index contributed by atoms with van der Waals surface area (Å²) in [5.74, 6) is -0.776. The van der Waals surface area contributed by atoms with Crippen LogP contribution in [0.3, 0.4) is 0 Å². The smallest absolute Gasteiger partial charge is 0.341 e. The Labute approximate surface area is 145 Å². The maximum Gasteiger partial charge on any atom is 0.341 e. The first-order valence-corrected chi connectivity index (χ1v) is 8.74. The van der Waals surface area contributed by atoms with Crippen molar-refractivity contribution in [2.45, 2.75) is 4.34 Å². The second kappa shape index (κ2) is 7.41. The number of benzene rings is 2. The standard InChI is InChI=1S/C16H12N2O4S2/c1-21-15(20)12-6-10-4-2-3-5-11(10)7-13(12)22-14(19)8-23-16-18-17-9-24-16/h2-7,9H,8H2,1H3. The summed E-state index contributed by atoms with van der Waals surface area (Å²) >= 11 is 2.58. The molecule has 0 spiro atoms. The Morgan fingerprint density at radius 2 is 1.96 bits per heavy atom. The normalized spacial score (nSPS) is 10.5. The van der Waals surface area contributed by atoms with Gasteiger partial charge in [0, 0.05) is 0 Å². The third-order valence-electron chi connectivity index (χ3n) is 3.13. The van der Waals surface area contributed by atoms with Gasteiger partial charge >= 0.3 is 11.9 Å². The molecule has 0 amide bonds. The van der Waals surface area contributed by atoms with Gasteiger partial charge in [0.25, 0.3) is 0 Å². The summed E-state index contributed by atoms with van der Waals surface area (Å²) in [6, 6.07) is 10.8. The van der Waals surface area contributed by atoms with Crippen molar-refractivity contribution < 1.29 is 19.1 Å². The van der Waals surface area contributed by atoms with E-state index in [2.05, 4.69) is 10.2 Å². The van der Waals surface area contributed by atoms with E-state index in [0.717, 1.165) is 10.8 Å². The molecule has 0 aliphatic heterocycles. The number of aromatic nitrogens is 2. The van der Waals surface area contributed by atoms with Crippen molar-refractivity contribution in [1.29, 1.82) is 0 Å². The molecular weight excluding hydrogens is 348 g/mol. The number of fused-ring (bicyclic) bond motifs is 1. The van der Waals surface area contributed by atoms with E-state index in [1.165, 1.54) is 30.2 Å². The maximum atomic E-state index is 12.1. The molecule has 0 aliphatic carbocycles. The molecule has 1 aromatic heterocycles. The minimum atomic E-state index is -0.555. The van der Waals surface area contributed by atoms with E-state index in [1.807, 2.05) is 24.3 Å². The average molecular weight is 360 g/mol. The van der Waals surface area contributed by atoms with Crippen LogP contribution in [0.2, 0.25) is 0 Å². The Balaban J connectivity index is 1.83. The van der Waals surface area contributed by atoms with Crippen LogP contribution in [0.25, 0.3) is 10.8 Å². The predicted molar refractivity (Wildman–Crippen MR) is 91.6 cm³/mol. The van der Waals surface area contributed by atoms with E-state index >= 15 is 0 Å². The number of thioether (sulfide) groups is 1. The zero-order valence-electron chi connectivity index (χ0n) is 12.6. The summed E-state index contributed by atoms with van der Waals surface area (Å²) in [5.41, 5.74) is 1.80. The number of nitrogens with zero attached hydrogens (tertiary/aromatic N) is 2. The van der Waals surface area contributed by atoms with Crippen LogP contribution < -0.4 is 4.74 Å². The lowest BCUT2D eigenvalue weighted by Gasteiger charge is -2.10. The van der Waals surface area contributed by atoms with Gasteiger partial charge in [-0.25, -0.2) is 4.79 Å². The molecule has 0 N–H and O–H groups in total. The molecule has 2 aromatic carbocycles. The van der Waals surface area contributed by atoms with Gasteiger partial charge in [0.1, 0.15) is 16.8 Å². The first-order chi connectivity index (χ1) is 11.7. The van der Waals surface area contributed by atoms with Crippen LogP contribution in [-0.2, 0) is 9.53 Å². The molecule has 0 aliphatic rings. The largest absolute Gasteiger partial charge is 0.465 e. The number of carbonyl (C=O) groups is 2. The van der Waals surface area contributed by atoms with E-state index in [9.17, 15) is 9.59 Å². The molecule has 3 aromatic rings. The summed E-state index contributed by atoms with van der Waals surface area (Å²) in [4.78, 5) is 24.0. The molecule has 3 rings (SSSR count). The summed E-state index contributed by atoms with van der Waals surface area (Å²) in [6.45, 7) is 0. The molecule has 0 radical (unpaired) electrons. The van der Waals surface area contributed by atoms with E-state index in [0.29, 0.717) is 4.34 Å². The third kappa shape index (κ3) is 3.72. The Morgan fingerprint density at radius 3 is 2.62 bits per heavy atom. The Hall–Kier alpha value is -2.45. The molecule has 122 valence electrons. The number of hydrogen-bond donors (Lipinski definition) is 0. The monoisotopic (exact) mass is 360 g/mol. The zero-order valence-corrected chi connectivity index (χ0v) is 14.2. The SMILES string of the molecule is COC(=O)c1cc2ccccc2cc1OC(=O)CSc1nncs1. The number of esters is 2. The number of carbonyl (C=O) groups excluding carboxylic acids is 2. The molecule has 0 unspecified atom stereocenters. The van der Waals surface area contributed by atoms with Crippen LogP contribution in [0.5, 0.6) is 5.75 Å². The molecule has 0 saturated heterocycles. The zero-order chi connectivity index (χ0) is 16.9. The molecule has 6 nitrogen and oxygen atoms in total. The van der Waals surface area contributed by atoms with Crippen molar-refractivity contribution in [3.05, 3.63) is 47.5 Å². The van der Waals surface area contributed by atoms with Gasteiger partial charge in [0.2, 0.25) is 0 Å². The lowest BCUT2D eigenvalue weighted by atomic mass is 10.1. The van der Waals surface area contributed by atoms with Crippen LogP contribution in [0.1, 0.15) is 10.4 Å². The van der Waals surface area contributed by atoms with Crippen LogP contribution in [0.4, 0.5) is 0 Å². The van der Waals surface area contributed by atoms with Crippen LogP contribution in [0.15, 0.2) is 46.2 Å². The fourth-order valence-corrected chi connectivity index (χ4v) is 3.33. The highest BCUT2D eigenvalue weighted by atomic mass is 32.2. The van der Waals surface area contributed by atoms with Gasteiger partial charge in [0.05, 0.1) is 12.9 Å². The van der Waals surface area contributed by atoms with Crippen molar-refractivity contribution >= 4 is 45.8 Å². The molecule has 0 saturated carbocycles. The summed E-state index contributed by atoms with van der Waals surface area (Å²) in [5, 5.41) is 9.27. The number of ether oxygens (including phenoxy) is 2. The minimum absolute atomic E-state index is 0.0721. The number of methoxy groups -OCH3 is 1. The lowest BCUT2D eigenvalue weighted by Crippen LogP contribution is -2.14. The van der Waals surface area contributed by atoms with Crippen molar-refractivity contribution in [3.8, 4) is 5.75 Å². The van der Waals surface area contributed by atoms with Crippen molar-refractivity contribution in [2.24, 2.45) is 0 Å². The van der Waals surface area contributed by atoms with Crippen molar-refractivity contribution in [1.82, 2.24) is 10.2 Å². The Bertz CT molecular complexity index is 881. The number of hydrogen-bond acceptors (Lipinski definition) is 8. The van der Waals surface area contributed by atoms with Crippen molar-refractivity contribution in [3.63, 3.8) is 0 Å². The fourth-order valence-electron chi connectivity index (χ4n) is 2.07. The van der Waals surface area contributed by atoms with Gasteiger partial charge in [0.15, 0.2) is 4.34 Å². The number of rotatable bonds is 5. The van der Waals surface area contributed by atoms with E-state index in [-0.39, 0.29) is 17.1 Å². The second-order valence-electron chi connectivity index (χ2n) is 4.65. The molecular formula is C16H12N2O4S2. The van der Waals surface area contributed by atoms with Crippen molar-refractivity contribution in [2.75, 3.05) is 12.9 Å². The summed E-state index contributed by atoms with van der Waals surface area (Å²) in [6.07, 6.45) is 0. The Kier molecular flexibility index (Phi) is 5.07.